The molecule has 0 spiro atoms. The second-order valence-corrected chi connectivity index (χ2v) is 4.61. The molecule has 0 unspecified atom stereocenters. The van der Waals surface area contributed by atoms with Gasteiger partial charge in [-0.1, -0.05) is 12.2 Å². The second-order valence-electron chi connectivity index (χ2n) is 4.61. The summed E-state index contributed by atoms with van der Waals surface area (Å²) in [5.74, 6) is 1.45. The Hall–Kier alpha value is -1.06. The van der Waals surface area contributed by atoms with E-state index in [-0.39, 0.29) is 29.0 Å². The fraction of sp³-hybridized carbons (Fsp3) is 0.200. The van der Waals surface area contributed by atoms with Crippen molar-refractivity contribution in [1.29, 1.82) is 0 Å². The van der Waals surface area contributed by atoms with Gasteiger partial charge in [-0.3, -0.25) is 0 Å². The maximum Gasteiger partial charge on any atom is 2.00 e. The first-order valence-corrected chi connectivity index (χ1v) is 7.78. The van der Waals surface area contributed by atoms with E-state index in [4.69, 9.17) is 9.47 Å². The first-order valence-electron chi connectivity index (χ1n) is 7.78. The Morgan fingerprint density at radius 1 is 0.760 bits per heavy atom. The Labute approximate surface area is 162 Å². The van der Waals surface area contributed by atoms with Crippen molar-refractivity contribution in [2.45, 2.75) is 13.8 Å². The van der Waals surface area contributed by atoms with Gasteiger partial charge in [-0.15, -0.1) is 0 Å². The van der Waals surface area contributed by atoms with Crippen LogP contribution in [0.1, 0.15) is 13.8 Å². The van der Waals surface area contributed by atoms with E-state index in [2.05, 4.69) is 0 Å². The van der Waals surface area contributed by atoms with Crippen molar-refractivity contribution < 1.29 is 36.1 Å². The average molecular weight is 382 g/mol. The molecule has 0 aromatic heterocycles. The largest absolute Gasteiger partial charge is 2.00 e. The summed E-state index contributed by atoms with van der Waals surface area (Å²) in [4.78, 5) is 21.7. The normalized spacial score (nSPS) is 18.0. The van der Waals surface area contributed by atoms with Gasteiger partial charge < -0.3 is 9.47 Å². The van der Waals surface area contributed by atoms with Crippen molar-refractivity contribution in [2.75, 3.05) is 13.2 Å². The van der Waals surface area contributed by atoms with Crippen molar-refractivity contribution >= 4 is 11.9 Å². The number of allylic oxidation sites excluding steroid dienone is 2. The Morgan fingerprint density at radius 2 is 1.08 bits per heavy atom. The van der Waals surface area contributed by atoms with Crippen molar-refractivity contribution in [3.63, 3.8) is 0 Å². The molecule has 0 N–H and O–H groups in total. The van der Waals surface area contributed by atoms with Crippen LogP contribution in [0.2, 0.25) is 0 Å². The number of rotatable bonds is 6. The molecule has 2 rings (SSSR count). The number of hydrogen-bond acceptors (Lipinski definition) is 4. The van der Waals surface area contributed by atoms with Crippen molar-refractivity contribution in [3.05, 3.63) is 87.5 Å². The average Bonchev–Trinajstić information content (AvgIpc) is 3.26. The monoisotopic (exact) mass is 382 g/mol. The van der Waals surface area contributed by atoms with E-state index in [1.165, 1.54) is 12.2 Å². The van der Waals surface area contributed by atoms with Gasteiger partial charge in [0.05, 0.1) is 13.2 Å². The van der Waals surface area contributed by atoms with Gasteiger partial charge in [0.15, 0.2) is 0 Å². The molecule has 0 heterocycles. The fourth-order valence-corrected chi connectivity index (χ4v) is 1.71. The molecule has 2 fully saturated rings. The summed E-state index contributed by atoms with van der Waals surface area (Å²) in [5, 5.41) is 0. The van der Waals surface area contributed by atoms with Crippen LogP contribution in [-0.2, 0) is 36.1 Å². The third-order valence-electron chi connectivity index (χ3n) is 2.77. The van der Waals surface area contributed by atoms with Crippen LogP contribution < -0.4 is 0 Å². The van der Waals surface area contributed by atoms with Crippen LogP contribution in [0.25, 0.3) is 0 Å². The van der Waals surface area contributed by atoms with Crippen LogP contribution in [0.5, 0.6) is 0 Å². The summed E-state index contributed by atoms with van der Waals surface area (Å²) in [6.45, 7) is 4.41. The summed E-state index contributed by atoms with van der Waals surface area (Å²) in [6, 6.07) is 0. The molecule has 0 amide bonds. The fourth-order valence-electron chi connectivity index (χ4n) is 1.71. The minimum Gasteiger partial charge on any atom is -0.463 e. The molecule has 25 heavy (non-hydrogen) atoms. The molecule has 10 radical (unpaired) electrons. The van der Waals surface area contributed by atoms with E-state index in [1.807, 2.05) is 51.4 Å². The molecule has 0 saturated heterocycles. The Kier molecular flexibility index (Phi) is 14.6. The van der Waals surface area contributed by atoms with E-state index >= 15 is 0 Å². The van der Waals surface area contributed by atoms with E-state index in [0.717, 1.165) is 11.8 Å². The predicted octanol–water partition coefficient (Wildman–Crippen LogP) is 3.02. The van der Waals surface area contributed by atoms with Crippen LogP contribution in [-0.4, -0.2) is 25.2 Å². The number of esters is 2. The number of hydrogen-bond donors (Lipinski definition) is 0. The van der Waals surface area contributed by atoms with Gasteiger partial charge in [-0.25, -0.2) is 9.59 Å². The molecule has 0 atom stereocenters. The van der Waals surface area contributed by atoms with Gasteiger partial charge in [-0.2, -0.15) is 0 Å². The van der Waals surface area contributed by atoms with E-state index in [1.54, 1.807) is 26.0 Å². The zero-order valence-corrected chi connectivity index (χ0v) is 15.4. The van der Waals surface area contributed by atoms with E-state index < -0.39 is 0 Å². The maximum absolute atomic E-state index is 10.8. The van der Waals surface area contributed by atoms with Gasteiger partial charge in [0.2, 0.25) is 0 Å². The number of ether oxygens (including phenoxy) is 2. The molecular formula is C20H22FeO4+2. The topological polar surface area (TPSA) is 52.6 Å². The Morgan fingerprint density at radius 3 is 1.36 bits per heavy atom. The molecule has 5 heteroatoms. The van der Waals surface area contributed by atoms with E-state index in [0.29, 0.717) is 13.2 Å². The Bertz CT molecular complexity index is 379. The van der Waals surface area contributed by atoms with Gasteiger partial charge in [0.25, 0.3) is 0 Å². The standard InChI is InChI=1S/2C10H11O2.Fe/c2*1-2-12-10(11)8-7-9-5-3-4-6-9;/h2*3-8H,2H2,1H3;/q;;+2/b2*8-7+;. The molecule has 2 saturated carbocycles. The molecule has 2 aliphatic carbocycles. The summed E-state index contributed by atoms with van der Waals surface area (Å²) < 4.78 is 9.43. The zero-order valence-electron chi connectivity index (χ0n) is 14.3. The van der Waals surface area contributed by atoms with Crippen LogP contribution in [0.15, 0.2) is 24.3 Å². The Balaban J connectivity index is 0.000000443. The van der Waals surface area contributed by atoms with Gasteiger partial charge in [-0.05, 0) is 65.2 Å². The third-order valence-corrected chi connectivity index (χ3v) is 2.77. The molecule has 132 valence electrons. The number of carbonyl (C=O) groups is 2. The van der Waals surface area contributed by atoms with Crippen molar-refractivity contribution in [2.24, 2.45) is 0 Å². The zero-order chi connectivity index (χ0) is 17.6. The molecular weight excluding hydrogens is 360 g/mol. The summed E-state index contributed by atoms with van der Waals surface area (Å²) >= 11 is 0. The van der Waals surface area contributed by atoms with Crippen LogP contribution in [0.4, 0.5) is 0 Å². The number of carbonyl (C=O) groups excluding carboxylic acids is 2. The predicted molar refractivity (Wildman–Crippen MR) is 92.4 cm³/mol. The molecule has 0 bridgehead atoms. The third kappa shape index (κ3) is 12.0. The van der Waals surface area contributed by atoms with Crippen LogP contribution in [0.3, 0.4) is 0 Å². The molecule has 0 aromatic rings. The van der Waals surface area contributed by atoms with Gasteiger partial charge in [0.1, 0.15) is 0 Å². The maximum atomic E-state index is 10.8. The SMILES string of the molecule is CCOC(=O)/C=C/[C]1[CH][CH][CH][CH]1.CCOC(=O)/C=C/[C]1[CH][CH][CH][CH]1.[Fe+2]. The van der Waals surface area contributed by atoms with Crippen molar-refractivity contribution in [1.82, 2.24) is 0 Å². The minimum atomic E-state index is -0.293. The first-order chi connectivity index (χ1) is 11.7. The summed E-state index contributed by atoms with van der Waals surface area (Å²) in [7, 11) is 0. The van der Waals surface area contributed by atoms with Gasteiger partial charge >= 0.3 is 29.0 Å². The van der Waals surface area contributed by atoms with E-state index in [9.17, 15) is 9.59 Å². The minimum absolute atomic E-state index is 0. The van der Waals surface area contributed by atoms with Crippen LogP contribution >= 0.6 is 0 Å². The van der Waals surface area contributed by atoms with Gasteiger partial charge in [0, 0.05) is 24.0 Å². The molecule has 0 aliphatic heterocycles. The quantitative estimate of drug-likeness (QED) is 0.403. The van der Waals surface area contributed by atoms with Crippen molar-refractivity contribution in [3.8, 4) is 0 Å². The second kappa shape index (κ2) is 15.2. The smallest absolute Gasteiger partial charge is 0.463 e. The summed E-state index contributed by atoms with van der Waals surface area (Å²) in [5.41, 5.74) is 0. The molecule has 4 nitrogen and oxygen atoms in total. The first kappa shape index (κ1) is 23.9. The molecule has 0 aromatic carbocycles. The molecule has 2 aliphatic rings. The van der Waals surface area contributed by atoms with Crippen LogP contribution in [0, 0.1) is 63.2 Å². The summed E-state index contributed by atoms with van der Waals surface area (Å²) in [6.07, 6.45) is 21.7.